The van der Waals surface area contributed by atoms with E-state index in [1.54, 1.807) is 31.5 Å². The van der Waals surface area contributed by atoms with Gasteiger partial charge in [0, 0.05) is 48.2 Å². The van der Waals surface area contributed by atoms with Crippen LogP contribution in [0, 0.1) is 6.92 Å². The van der Waals surface area contributed by atoms with E-state index in [2.05, 4.69) is 35.3 Å². The standard InChI is InChI=1S/C18H22ClN7O3S/c1-10-6-15(25-11(2)18(27)20-4-5-23-30(3,28)29)26-17(24-10)14-9-22-16-13(14)7-12(19)8-21-16/h6-9,11,23H,4-5H2,1-3H3,(H,20,27)(H,21,22)(H,24,25,26)/t11-/m0/s1. The molecule has 0 aliphatic heterocycles. The van der Waals surface area contributed by atoms with Crippen LogP contribution in [-0.2, 0) is 14.8 Å². The Morgan fingerprint density at radius 1 is 1.27 bits per heavy atom. The zero-order chi connectivity index (χ0) is 21.9. The molecule has 0 radical (unpaired) electrons. The van der Waals surface area contributed by atoms with Crippen LogP contribution >= 0.6 is 11.6 Å². The number of aromatic amines is 1. The van der Waals surface area contributed by atoms with Crippen LogP contribution in [0.25, 0.3) is 22.4 Å². The summed E-state index contributed by atoms with van der Waals surface area (Å²) < 4.78 is 24.4. The summed E-state index contributed by atoms with van der Waals surface area (Å²) in [7, 11) is -3.29. The summed E-state index contributed by atoms with van der Waals surface area (Å²) in [4.78, 5) is 28.6. The molecule has 3 aromatic rings. The number of hydrogen-bond donors (Lipinski definition) is 4. The van der Waals surface area contributed by atoms with E-state index in [0.717, 1.165) is 22.9 Å². The Labute approximate surface area is 178 Å². The Bertz CT molecular complexity index is 1180. The second-order valence-corrected chi connectivity index (χ2v) is 9.06. The third-order valence-corrected chi connectivity index (χ3v) is 5.07. The number of aryl methyl sites for hydroxylation is 1. The highest BCUT2D eigenvalue weighted by atomic mass is 35.5. The van der Waals surface area contributed by atoms with Crippen LogP contribution in [0.2, 0.25) is 5.02 Å². The number of H-pyrrole nitrogens is 1. The smallest absolute Gasteiger partial charge is 0.242 e. The van der Waals surface area contributed by atoms with Gasteiger partial charge in [0.15, 0.2) is 5.82 Å². The molecule has 160 valence electrons. The zero-order valence-corrected chi connectivity index (χ0v) is 18.2. The molecule has 3 heterocycles. The van der Waals surface area contributed by atoms with Gasteiger partial charge in [-0.25, -0.2) is 28.1 Å². The molecule has 0 aromatic carbocycles. The summed E-state index contributed by atoms with van der Waals surface area (Å²) in [6, 6.07) is 2.93. The van der Waals surface area contributed by atoms with Crippen LogP contribution in [-0.4, -0.2) is 59.6 Å². The molecule has 0 fully saturated rings. The number of halogens is 1. The number of aromatic nitrogens is 4. The molecule has 1 amide bonds. The summed E-state index contributed by atoms with van der Waals surface area (Å²) in [6.07, 6.45) is 4.38. The normalized spacial score (nSPS) is 12.7. The Morgan fingerprint density at radius 2 is 2.03 bits per heavy atom. The van der Waals surface area contributed by atoms with Crippen molar-refractivity contribution in [1.82, 2.24) is 30.0 Å². The van der Waals surface area contributed by atoms with Crippen molar-refractivity contribution in [1.29, 1.82) is 0 Å². The number of sulfonamides is 1. The average Bonchev–Trinajstić information content (AvgIpc) is 3.06. The van der Waals surface area contributed by atoms with Crippen molar-refractivity contribution < 1.29 is 13.2 Å². The van der Waals surface area contributed by atoms with E-state index < -0.39 is 16.1 Å². The number of nitrogens with one attached hydrogen (secondary N) is 4. The number of amides is 1. The minimum absolute atomic E-state index is 0.116. The topological polar surface area (TPSA) is 142 Å². The number of rotatable bonds is 8. The molecular weight excluding hydrogens is 430 g/mol. The molecule has 0 saturated heterocycles. The Balaban J connectivity index is 1.72. The summed E-state index contributed by atoms with van der Waals surface area (Å²) in [6.45, 7) is 3.81. The summed E-state index contributed by atoms with van der Waals surface area (Å²) in [5.74, 6) is 0.669. The van der Waals surface area contributed by atoms with Gasteiger partial charge < -0.3 is 15.6 Å². The second kappa shape index (κ2) is 8.94. The maximum atomic E-state index is 12.3. The van der Waals surface area contributed by atoms with Crippen LogP contribution in [0.4, 0.5) is 5.82 Å². The Morgan fingerprint density at radius 3 is 2.77 bits per heavy atom. The minimum atomic E-state index is -3.29. The fourth-order valence-corrected chi connectivity index (χ4v) is 3.42. The minimum Gasteiger partial charge on any atom is -0.359 e. The lowest BCUT2D eigenvalue weighted by molar-refractivity contribution is -0.121. The first-order valence-corrected chi connectivity index (χ1v) is 11.4. The molecule has 12 heteroatoms. The number of carbonyl (C=O) groups is 1. The van der Waals surface area contributed by atoms with Crippen molar-refractivity contribution in [2.45, 2.75) is 19.9 Å². The lowest BCUT2D eigenvalue weighted by Gasteiger charge is -2.15. The highest BCUT2D eigenvalue weighted by Gasteiger charge is 2.16. The molecule has 1 atom stereocenters. The lowest BCUT2D eigenvalue weighted by atomic mass is 10.2. The van der Waals surface area contributed by atoms with Crippen LogP contribution < -0.4 is 15.4 Å². The van der Waals surface area contributed by atoms with Crippen LogP contribution in [0.3, 0.4) is 0 Å². The monoisotopic (exact) mass is 451 g/mol. The first-order valence-electron chi connectivity index (χ1n) is 9.10. The van der Waals surface area contributed by atoms with Gasteiger partial charge in [-0.05, 0) is 19.9 Å². The molecule has 0 spiro atoms. The average molecular weight is 452 g/mol. The second-order valence-electron chi connectivity index (χ2n) is 6.79. The molecule has 0 saturated carbocycles. The van der Waals surface area contributed by atoms with E-state index in [0.29, 0.717) is 22.3 Å². The van der Waals surface area contributed by atoms with Crippen molar-refractivity contribution in [3.05, 3.63) is 35.2 Å². The van der Waals surface area contributed by atoms with E-state index >= 15 is 0 Å². The van der Waals surface area contributed by atoms with E-state index in [4.69, 9.17) is 11.6 Å². The van der Waals surface area contributed by atoms with Gasteiger partial charge in [-0.3, -0.25) is 4.79 Å². The lowest BCUT2D eigenvalue weighted by Crippen LogP contribution is -2.41. The zero-order valence-electron chi connectivity index (χ0n) is 16.7. The summed E-state index contributed by atoms with van der Waals surface area (Å²) in [5.41, 5.74) is 2.14. The number of fused-ring (bicyclic) bond motifs is 1. The number of carbonyl (C=O) groups excluding carboxylic acids is 1. The van der Waals surface area contributed by atoms with Gasteiger partial charge in [-0.15, -0.1) is 0 Å². The molecule has 3 rings (SSSR count). The molecule has 0 unspecified atom stereocenters. The van der Waals surface area contributed by atoms with Crippen LogP contribution in [0.15, 0.2) is 24.5 Å². The fraction of sp³-hybridized carbons (Fsp3) is 0.333. The van der Waals surface area contributed by atoms with Gasteiger partial charge in [0.25, 0.3) is 0 Å². The van der Waals surface area contributed by atoms with Gasteiger partial charge in [0.1, 0.15) is 17.5 Å². The number of anilines is 1. The maximum absolute atomic E-state index is 12.3. The van der Waals surface area contributed by atoms with Crippen molar-refractivity contribution in [2.75, 3.05) is 24.7 Å². The van der Waals surface area contributed by atoms with E-state index in [-0.39, 0.29) is 19.0 Å². The van der Waals surface area contributed by atoms with Crippen molar-refractivity contribution in [3.63, 3.8) is 0 Å². The maximum Gasteiger partial charge on any atom is 0.242 e. The molecule has 0 aliphatic carbocycles. The predicted molar refractivity (Wildman–Crippen MR) is 116 cm³/mol. The Kier molecular flexibility index (Phi) is 6.54. The van der Waals surface area contributed by atoms with Gasteiger partial charge in [0.2, 0.25) is 15.9 Å². The summed E-state index contributed by atoms with van der Waals surface area (Å²) in [5, 5.41) is 7.01. The molecule has 0 bridgehead atoms. The van der Waals surface area contributed by atoms with Crippen LogP contribution in [0.1, 0.15) is 12.6 Å². The van der Waals surface area contributed by atoms with Crippen molar-refractivity contribution in [3.8, 4) is 11.4 Å². The van der Waals surface area contributed by atoms with E-state index in [1.807, 2.05) is 6.92 Å². The first kappa shape index (κ1) is 21.9. The van der Waals surface area contributed by atoms with E-state index in [1.165, 1.54) is 0 Å². The van der Waals surface area contributed by atoms with Gasteiger partial charge in [0.05, 0.1) is 11.3 Å². The highest BCUT2D eigenvalue weighted by molar-refractivity contribution is 7.88. The number of nitrogens with zero attached hydrogens (tertiary/aromatic N) is 3. The van der Waals surface area contributed by atoms with Gasteiger partial charge in [-0.2, -0.15) is 0 Å². The highest BCUT2D eigenvalue weighted by Crippen LogP contribution is 2.28. The quantitative estimate of drug-likeness (QED) is 0.379. The molecule has 0 aliphatic rings. The summed E-state index contributed by atoms with van der Waals surface area (Å²) >= 11 is 6.07. The van der Waals surface area contributed by atoms with Gasteiger partial charge >= 0.3 is 0 Å². The van der Waals surface area contributed by atoms with Crippen molar-refractivity contribution in [2.24, 2.45) is 0 Å². The molecule has 30 heavy (non-hydrogen) atoms. The molecule has 3 aromatic heterocycles. The van der Waals surface area contributed by atoms with Crippen LogP contribution in [0.5, 0.6) is 0 Å². The number of pyridine rings is 1. The third kappa shape index (κ3) is 5.65. The SMILES string of the molecule is Cc1cc(N[C@@H](C)C(=O)NCCNS(C)(=O)=O)nc(-c2c[nH]c3ncc(Cl)cc23)n1. The first-order chi connectivity index (χ1) is 14.1. The predicted octanol–water partition coefficient (Wildman–Crippen LogP) is 1.45. The molecule has 4 N–H and O–H groups in total. The molecular formula is C18H22ClN7O3S. The van der Waals surface area contributed by atoms with E-state index in [9.17, 15) is 13.2 Å². The third-order valence-electron chi connectivity index (χ3n) is 4.14. The number of hydrogen-bond acceptors (Lipinski definition) is 7. The van der Waals surface area contributed by atoms with Gasteiger partial charge in [-0.1, -0.05) is 11.6 Å². The van der Waals surface area contributed by atoms with Crippen molar-refractivity contribution >= 4 is 44.4 Å². The molecule has 10 nitrogen and oxygen atoms in total. The largest absolute Gasteiger partial charge is 0.359 e. The fourth-order valence-electron chi connectivity index (χ4n) is 2.79. The Hall–Kier alpha value is -2.76.